The summed E-state index contributed by atoms with van der Waals surface area (Å²) in [5.41, 5.74) is 2.94. The number of benzene rings is 1. The summed E-state index contributed by atoms with van der Waals surface area (Å²) >= 11 is 0. The van der Waals surface area contributed by atoms with Gasteiger partial charge in [0.2, 0.25) is 0 Å². The largest absolute Gasteiger partial charge is 0.490 e. The number of aromatic nitrogens is 1. The van der Waals surface area contributed by atoms with Gasteiger partial charge in [0, 0.05) is 37.0 Å². The number of allylic oxidation sites excluding steroid dienone is 2. The van der Waals surface area contributed by atoms with Crippen molar-refractivity contribution >= 4 is 9.84 Å². The van der Waals surface area contributed by atoms with Crippen LogP contribution in [0.3, 0.4) is 0 Å². The summed E-state index contributed by atoms with van der Waals surface area (Å²) in [6.07, 6.45) is 10.8. The molecule has 0 spiro atoms. The first-order valence-corrected chi connectivity index (χ1v) is 13.0. The van der Waals surface area contributed by atoms with Gasteiger partial charge in [-0.05, 0) is 55.1 Å². The summed E-state index contributed by atoms with van der Waals surface area (Å²) in [6.45, 7) is 3.24. The summed E-state index contributed by atoms with van der Waals surface area (Å²) in [7, 11) is -3.19. The Morgan fingerprint density at radius 1 is 1.09 bits per heavy atom. The SMILES string of the molecule is CS(=O)(=O)c1ccc(-c2ccc(CN3CCC[C@@H]3C3C=CC4=C(C3)OCCO4)cn2)cc1. The van der Waals surface area contributed by atoms with Gasteiger partial charge in [-0.1, -0.05) is 24.3 Å². The van der Waals surface area contributed by atoms with E-state index in [-0.39, 0.29) is 0 Å². The van der Waals surface area contributed by atoms with E-state index in [4.69, 9.17) is 9.47 Å². The molecule has 2 atom stereocenters. The van der Waals surface area contributed by atoms with Crippen molar-refractivity contribution in [2.45, 2.75) is 36.7 Å². The Labute approximate surface area is 189 Å². The van der Waals surface area contributed by atoms with Crippen molar-refractivity contribution in [2.75, 3.05) is 26.0 Å². The maximum absolute atomic E-state index is 11.7. The van der Waals surface area contributed by atoms with Crippen molar-refractivity contribution in [1.82, 2.24) is 9.88 Å². The average molecular weight is 453 g/mol. The second kappa shape index (κ2) is 8.71. The van der Waals surface area contributed by atoms with Crippen molar-refractivity contribution in [3.8, 4) is 11.3 Å². The number of likely N-dealkylation sites (tertiary alicyclic amines) is 1. The number of hydrogen-bond donors (Lipinski definition) is 0. The Morgan fingerprint density at radius 3 is 2.66 bits per heavy atom. The van der Waals surface area contributed by atoms with E-state index in [0.29, 0.717) is 30.1 Å². The summed E-state index contributed by atoms with van der Waals surface area (Å²) < 4.78 is 34.9. The van der Waals surface area contributed by atoms with Crippen LogP contribution in [0.1, 0.15) is 24.8 Å². The van der Waals surface area contributed by atoms with Crippen LogP contribution in [0.2, 0.25) is 0 Å². The van der Waals surface area contributed by atoms with E-state index in [9.17, 15) is 8.42 Å². The van der Waals surface area contributed by atoms with Crippen LogP contribution in [-0.2, 0) is 25.9 Å². The van der Waals surface area contributed by atoms with E-state index in [2.05, 4.69) is 28.1 Å². The molecular weight excluding hydrogens is 424 g/mol. The lowest BCUT2D eigenvalue weighted by atomic mass is 9.89. The number of ether oxygens (including phenoxy) is 2. The molecule has 1 saturated heterocycles. The summed E-state index contributed by atoms with van der Waals surface area (Å²) in [5, 5.41) is 0. The molecule has 1 aliphatic carbocycles. The van der Waals surface area contributed by atoms with E-state index in [1.54, 1.807) is 12.1 Å². The fourth-order valence-corrected chi connectivity index (χ4v) is 5.49. The van der Waals surface area contributed by atoms with Crippen molar-refractivity contribution in [3.63, 3.8) is 0 Å². The molecule has 1 aromatic heterocycles. The molecule has 6 nitrogen and oxygen atoms in total. The van der Waals surface area contributed by atoms with Gasteiger partial charge in [-0.2, -0.15) is 0 Å². The second-order valence-corrected chi connectivity index (χ2v) is 10.8. The molecule has 5 rings (SSSR count). The summed E-state index contributed by atoms with van der Waals surface area (Å²) in [5.74, 6) is 2.35. The quantitative estimate of drug-likeness (QED) is 0.684. The molecule has 0 bridgehead atoms. The summed E-state index contributed by atoms with van der Waals surface area (Å²) in [4.78, 5) is 7.52. The predicted molar refractivity (Wildman–Crippen MR) is 122 cm³/mol. The van der Waals surface area contributed by atoms with E-state index >= 15 is 0 Å². The third-order valence-electron chi connectivity index (χ3n) is 6.51. The van der Waals surface area contributed by atoms with E-state index in [0.717, 1.165) is 42.3 Å². The highest BCUT2D eigenvalue weighted by molar-refractivity contribution is 7.90. The van der Waals surface area contributed by atoms with Crippen LogP contribution < -0.4 is 0 Å². The molecule has 7 heteroatoms. The van der Waals surface area contributed by atoms with Crippen molar-refractivity contribution in [2.24, 2.45) is 5.92 Å². The molecule has 2 aliphatic heterocycles. The number of pyridine rings is 1. The van der Waals surface area contributed by atoms with Crippen LogP contribution in [0, 0.1) is 5.92 Å². The molecule has 1 aromatic carbocycles. The molecule has 0 N–H and O–H groups in total. The first-order valence-electron chi connectivity index (χ1n) is 11.1. The Bertz CT molecular complexity index is 1140. The minimum Gasteiger partial charge on any atom is -0.490 e. The maximum atomic E-state index is 11.7. The normalized spacial score (nSPS) is 23.5. The molecule has 2 aromatic rings. The van der Waals surface area contributed by atoms with Crippen molar-refractivity contribution < 1.29 is 17.9 Å². The van der Waals surface area contributed by atoms with Crippen molar-refractivity contribution in [1.29, 1.82) is 0 Å². The molecule has 1 fully saturated rings. The number of sulfone groups is 1. The molecule has 168 valence electrons. The Morgan fingerprint density at radius 2 is 1.91 bits per heavy atom. The third-order valence-corrected chi connectivity index (χ3v) is 7.63. The van der Waals surface area contributed by atoms with Gasteiger partial charge in [0.25, 0.3) is 0 Å². The van der Waals surface area contributed by atoms with Gasteiger partial charge >= 0.3 is 0 Å². The lowest BCUT2D eigenvalue weighted by molar-refractivity contribution is 0.0543. The molecule has 0 radical (unpaired) electrons. The highest BCUT2D eigenvalue weighted by atomic mass is 32.2. The van der Waals surface area contributed by atoms with Gasteiger partial charge < -0.3 is 9.47 Å². The van der Waals surface area contributed by atoms with Gasteiger partial charge in [0.05, 0.1) is 10.6 Å². The zero-order chi connectivity index (χ0) is 22.1. The summed E-state index contributed by atoms with van der Waals surface area (Å²) in [6, 6.07) is 11.5. The topological polar surface area (TPSA) is 68.7 Å². The third kappa shape index (κ3) is 4.45. The fraction of sp³-hybridized carbons (Fsp3) is 0.400. The van der Waals surface area contributed by atoms with Crippen LogP contribution in [0.15, 0.2) is 71.2 Å². The monoisotopic (exact) mass is 452 g/mol. The minimum absolute atomic E-state index is 0.322. The molecule has 3 heterocycles. The molecule has 1 unspecified atom stereocenters. The number of nitrogens with zero attached hydrogens (tertiary/aromatic N) is 2. The maximum Gasteiger partial charge on any atom is 0.175 e. The number of rotatable bonds is 5. The lowest BCUT2D eigenvalue weighted by Gasteiger charge is -2.33. The molecule has 0 amide bonds. The Kier molecular flexibility index (Phi) is 5.78. The second-order valence-electron chi connectivity index (χ2n) is 8.74. The molecule has 3 aliphatic rings. The standard InChI is InChI=1S/C25H28N2O4S/c1-32(28,29)21-8-5-19(6-9-21)22-10-4-18(16-26-22)17-27-12-2-3-23(27)20-7-11-24-25(15-20)31-14-13-30-24/h4-11,16,20,23H,2-3,12-15,17H2,1H3/t20?,23-/m1/s1. The van der Waals surface area contributed by atoms with Gasteiger partial charge in [0.15, 0.2) is 15.6 Å². The van der Waals surface area contributed by atoms with Crippen LogP contribution in [0.25, 0.3) is 11.3 Å². The van der Waals surface area contributed by atoms with Crippen LogP contribution in [-0.4, -0.2) is 50.4 Å². The first-order chi connectivity index (χ1) is 15.5. The average Bonchev–Trinajstić information content (AvgIpc) is 3.27. The van der Waals surface area contributed by atoms with E-state index in [1.165, 1.54) is 24.7 Å². The van der Waals surface area contributed by atoms with Crippen LogP contribution >= 0.6 is 0 Å². The van der Waals surface area contributed by atoms with E-state index in [1.807, 2.05) is 24.4 Å². The Hall–Kier alpha value is -2.64. The Balaban J connectivity index is 1.25. The zero-order valence-corrected chi connectivity index (χ0v) is 19.1. The fourth-order valence-electron chi connectivity index (χ4n) is 4.86. The number of hydrogen-bond acceptors (Lipinski definition) is 6. The zero-order valence-electron chi connectivity index (χ0n) is 18.2. The molecule has 0 saturated carbocycles. The van der Waals surface area contributed by atoms with Crippen LogP contribution in [0.5, 0.6) is 0 Å². The molecular formula is C25H28N2O4S. The van der Waals surface area contributed by atoms with Gasteiger partial charge in [-0.15, -0.1) is 0 Å². The smallest absolute Gasteiger partial charge is 0.175 e. The lowest BCUT2D eigenvalue weighted by Crippen LogP contribution is -2.36. The minimum atomic E-state index is -3.19. The van der Waals surface area contributed by atoms with E-state index < -0.39 is 9.84 Å². The van der Waals surface area contributed by atoms with Gasteiger partial charge in [0.1, 0.15) is 19.0 Å². The predicted octanol–water partition coefficient (Wildman–Crippen LogP) is 3.95. The van der Waals surface area contributed by atoms with Gasteiger partial charge in [-0.3, -0.25) is 9.88 Å². The van der Waals surface area contributed by atoms with Crippen molar-refractivity contribution in [3.05, 3.63) is 71.8 Å². The molecule has 32 heavy (non-hydrogen) atoms. The first kappa shape index (κ1) is 21.2. The van der Waals surface area contributed by atoms with Gasteiger partial charge in [-0.25, -0.2) is 8.42 Å². The highest BCUT2D eigenvalue weighted by Crippen LogP contribution is 2.35. The highest BCUT2D eigenvalue weighted by Gasteiger charge is 2.34. The van der Waals surface area contributed by atoms with Crippen LogP contribution in [0.4, 0.5) is 0 Å².